The zero-order valence-corrected chi connectivity index (χ0v) is 10.6. The van der Waals surface area contributed by atoms with E-state index in [0.717, 1.165) is 5.57 Å². The molecule has 92 valence electrons. The van der Waals surface area contributed by atoms with Gasteiger partial charge in [-0.05, 0) is 26.7 Å². The predicted molar refractivity (Wildman–Crippen MR) is 60.6 cm³/mol. The average molecular weight is 246 g/mol. The highest BCUT2D eigenvalue weighted by atomic mass is 32.2. The van der Waals surface area contributed by atoms with Crippen molar-refractivity contribution in [1.82, 2.24) is 0 Å². The summed E-state index contributed by atoms with van der Waals surface area (Å²) in [6.45, 7) is 4.97. The van der Waals surface area contributed by atoms with Crippen molar-refractivity contribution < 1.29 is 17.9 Å². The van der Waals surface area contributed by atoms with Gasteiger partial charge in [0.25, 0.3) is 0 Å². The molecular formula is C11H18O4S. The lowest BCUT2D eigenvalue weighted by Crippen LogP contribution is -2.25. The minimum atomic E-state index is -2.99. The molecule has 0 unspecified atom stereocenters. The van der Waals surface area contributed by atoms with Crippen molar-refractivity contribution in [2.45, 2.75) is 38.9 Å². The normalized spacial score (nSPS) is 27.6. The fourth-order valence-corrected chi connectivity index (χ4v) is 4.09. The highest BCUT2D eigenvalue weighted by Gasteiger charge is 2.34. The molecule has 0 atom stereocenters. The van der Waals surface area contributed by atoms with E-state index in [1.807, 2.05) is 13.8 Å². The summed E-state index contributed by atoms with van der Waals surface area (Å²) in [7, 11) is -2.99. The molecule has 16 heavy (non-hydrogen) atoms. The Morgan fingerprint density at radius 2 is 1.94 bits per heavy atom. The molecule has 0 amide bonds. The van der Waals surface area contributed by atoms with Crippen LogP contribution in [-0.4, -0.2) is 33.2 Å². The molecule has 0 saturated carbocycles. The summed E-state index contributed by atoms with van der Waals surface area (Å²) in [5.74, 6) is -0.321. The maximum atomic E-state index is 11.7. The minimum Gasteiger partial charge on any atom is -0.348 e. The van der Waals surface area contributed by atoms with Gasteiger partial charge in [0.2, 0.25) is 0 Å². The molecule has 0 aromatic heterocycles. The van der Waals surface area contributed by atoms with E-state index < -0.39 is 15.6 Å². The van der Waals surface area contributed by atoms with Crippen molar-refractivity contribution in [1.29, 1.82) is 0 Å². The number of sulfone groups is 1. The van der Waals surface area contributed by atoms with Crippen LogP contribution in [0.1, 0.15) is 33.1 Å². The van der Waals surface area contributed by atoms with Gasteiger partial charge in [-0.3, -0.25) is 0 Å². The first kappa shape index (κ1) is 12.1. The van der Waals surface area contributed by atoms with E-state index in [9.17, 15) is 8.42 Å². The highest BCUT2D eigenvalue weighted by Crippen LogP contribution is 2.33. The van der Waals surface area contributed by atoms with Gasteiger partial charge in [-0.2, -0.15) is 0 Å². The Labute approximate surface area is 96.5 Å². The molecule has 1 saturated heterocycles. The Kier molecular flexibility index (Phi) is 3.11. The summed E-state index contributed by atoms with van der Waals surface area (Å²) in [6, 6.07) is 0. The summed E-state index contributed by atoms with van der Waals surface area (Å²) in [5.41, 5.74) is 1.00. The van der Waals surface area contributed by atoms with Crippen LogP contribution in [0.15, 0.2) is 10.5 Å². The lowest BCUT2D eigenvalue weighted by atomic mass is 10.1. The number of allylic oxidation sites excluding steroid dienone is 2. The third-order valence-corrected chi connectivity index (χ3v) is 5.35. The van der Waals surface area contributed by atoms with Crippen LogP contribution in [0.25, 0.3) is 0 Å². The molecule has 0 aliphatic carbocycles. The zero-order valence-electron chi connectivity index (χ0n) is 9.78. The van der Waals surface area contributed by atoms with E-state index >= 15 is 0 Å². The van der Waals surface area contributed by atoms with E-state index in [0.29, 0.717) is 37.4 Å². The molecule has 0 radical (unpaired) electrons. The average Bonchev–Trinajstić information content (AvgIpc) is 2.71. The maximum absolute atomic E-state index is 11.7. The Hall–Kier alpha value is -0.390. The van der Waals surface area contributed by atoms with Crippen molar-refractivity contribution in [3.8, 4) is 0 Å². The summed E-state index contributed by atoms with van der Waals surface area (Å²) >= 11 is 0. The fourth-order valence-electron chi connectivity index (χ4n) is 2.23. The van der Waals surface area contributed by atoms with Crippen LogP contribution in [0.3, 0.4) is 0 Å². The van der Waals surface area contributed by atoms with Gasteiger partial charge >= 0.3 is 0 Å². The van der Waals surface area contributed by atoms with Crippen LogP contribution in [0, 0.1) is 0 Å². The van der Waals surface area contributed by atoms with E-state index in [1.54, 1.807) is 0 Å². The van der Waals surface area contributed by atoms with Crippen LogP contribution in [0.4, 0.5) is 0 Å². The van der Waals surface area contributed by atoms with Crippen molar-refractivity contribution in [3.63, 3.8) is 0 Å². The van der Waals surface area contributed by atoms with Gasteiger partial charge in [0.05, 0.1) is 19.0 Å². The number of hydrogen-bond acceptors (Lipinski definition) is 4. The van der Waals surface area contributed by atoms with E-state index in [2.05, 4.69) is 0 Å². The van der Waals surface area contributed by atoms with Crippen molar-refractivity contribution in [2.75, 3.05) is 19.0 Å². The number of ether oxygens (including phenoxy) is 2. The Bertz CT molecular complexity index is 402. The van der Waals surface area contributed by atoms with Gasteiger partial charge in [-0.1, -0.05) is 5.57 Å². The quantitative estimate of drug-likeness (QED) is 0.759. The first-order valence-corrected chi connectivity index (χ1v) is 7.27. The molecule has 0 aromatic rings. The zero-order chi connectivity index (χ0) is 11.8. The lowest BCUT2D eigenvalue weighted by Gasteiger charge is -2.22. The second-order valence-electron chi connectivity index (χ2n) is 4.60. The van der Waals surface area contributed by atoms with E-state index in [4.69, 9.17) is 9.47 Å². The summed E-state index contributed by atoms with van der Waals surface area (Å²) in [5, 5.41) is 0. The molecule has 2 aliphatic heterocycles. The van der Waals surface area contributed by atoms with Gasteiger partial charge in [0, 0.05) is 11.3 Å². The lowest BCUT2D eigenvalue weighted by molar-refractivity contribution is -0.145. The first-order chi connectivity index (χ1) is 7.43. The highest BCUT2D eigenvalue weighted by molar-refractivity contribution is 7.95. The molecule has 1 fully saturated rings. The second-order valence-corrected chi connectivity index (χ2v) is 6.73. The smallest absolute Gasteiger partial charge is 0.174 e. The molecule has 0 bridgehead atoms. The van der Waals surface area contributed by atoms with Gasteiger partial charge < -0.3 is 9.47 Å². The van der Waals surface area contributed by atoms with Crippen LogP contribution in [-0.2, 0) is 19.3 Å². The van der Waals surface area contributed by atoms with Gasteiger partial charge in [0.1, 0.15) is 0 Å². The summed E-state index contributed by atoms with van der Waals surface area (Å²) < 4.78 is 34.4. The predicted octanol–water partition coefficient (Wildman–Crippen LogP) is 1.62. The molecule has 0 aromatic carbocycles. The Balaban J connectivity index is 2.03. The van der Waals surface area contributed by atoms with Gasteiger partial charge in [-0.15, -0.1) is 0 Å². The summed E-state index contributed by atoms with van der Waals surface area (Å²) in [4.78, 5) is 0.604. The largest absolute Gasteiger partial charge is 0.348 e. The maximum Gasteiger partial charge on any atom is 0.174 e. The van der Waals surface area contributed by atoms with Gasteiger partial charge in [0.15, 0.2) is 15.6 Å². The standard InChI is InChI=1S/C11H18O4S/c1-9-4-8-16(12,13)10(9)3-5-11(2)14-6-7-15-11/h3-8H2,1-2H3. The third kappa shape index (κ3) is 2.31. The molecule has 5 heteroatoms. The monoisotopic (exact) mass is 246 g/mol. The molecule has 4 nitrogen and oxygen atoms in total. The molecule has 0 N–H and O–H groups in total. The van der Waals surface area contributed by atoms with Crippen LogP contribution >= 0.6 is 0 Å². The molecular weight excluding hydrogens is 228 g/mol. The van der Waals surface area contributed by atoms with E-state index in [-0.39, 0.29) is 5.75 Å². The molecule has 0 spiro atoms. The van der Waals surface area contributed by atoms with Crippen LogP contribution in [0.5, 0.6) is 0 Å². The minimum absolute atomic E-state index is 0.270. The third-order valence-electron chi connectivity index (χ3n) is 3.30. The first-order valence-electron chi connectivity index (χ1n) is 5.62. The van der Waals surface area contributed by atoms with Gasteiger partial charge in [-0.25, -0.2) is 8.42 Å². The fraction of sp³-hybridized carbons (Fsp3) is 0.818. The number of rotatable bonds is 3. The van der Waals surface area contributed by atoms with E-state index in [1.165, 1.54) is 0 Å². The van der Waals surface area contributed by atoms with Crippen molar-refractivity contribution >= 4 is 9.84 Å². The molecule has 2 aliphatic rings. The van der Waals surface area contributed by atoms with Crippen LogP contribution in [0.2, 0.25) is 0 Å². The Morgan fingerprint density at radius 1 is 1.31 bits per heavy atom. The van der Waals surface area contributed by atoms with Crippen molar-refractivity contribution in [2.24, 2.45) is 0 Å². The van der Waals surface area contributed by atoms with Crippen molar-refractivity contribution in [3.05, 3.63) is 10.5 Å². The summed E-state index contributed by atoms with van der Waals surface area (Å²) in [6.07, 6.45) is 1.82. The van der Waals surface area contributed by atoms with Crippen LogP contribution < -0.4 is 0 Å². The molecule has 2 rings (SSSR count). The Morgan fingerprint density at radius 3 is 2.44 bits per heavy atom. The topological polar surface area (TPSA) is 52.6 Å². The molecule has 2 heterocycles. The number of hydrogen-bond donors (Lipinski definition) is 0. The SMILES string of the molecule is CC1=C(CCC2(C)OCCO2)S(=O)(=O)CC1. The second kappa shape index (κ2) is 4.13.